The zero-order valence-corrected chi connectivity index (χ0v) is 11.7. The quantitative estimate of drug-likeness (QED) is 0.712. The number of aromatic nitrogens is 5. The smallest absolute Gasteiger partial charge is 0.360 e. The van der Waals surface area contributed by atoms with E-state index in [-0.39, 0.29) is 12.3 Å². The van der Waals surface area contributed by atoms with Crippen LogP contribution in [0.1, 0.15) is 22.0 Å². The fourth-order valence-electron chi connectivity index (χ4n) is 1.89. The number of hydrogen-bond acceptors (Lipinski definition) is 6. The predicted molar refractivity (Wildman–Crippen MR) is 69.0 cm³/mol. The molecule has 0 aliphatic heterocycles. The molecule has 20 heavy (non-hydrogen) atoms. The summed E-state index contributed by atoms with van der Waals surface area (Å²) in [5.74, 6) is 0.411. The molecule has 0 aromatic carbocycles. The third kappa shape index (κ3) is 2.85. The van der Waals surface area contributed by atoms with Gasteiger partial charge in [0, 0.05) is 26.0 Å². The summed E-state index contributed by atoms with van der Waals surface area (Å²) in [6.07, 6.45) is 3.64. The first kappa shape index (κ1) is 14.2. The van der Waals surface area contributed by atoms with E-state index in [0.29, 0.717) is 18.8 Å². The second-order valence-electron chi connectivity index (χ2n) is 4.20. The van der Waals surface area contributed by atoms with Gasteiger partial charge in [0.2, 0.25) is 0 Å². The Morgan fingerprint density at radius 1 is 1.35 bits per heavy atom. The lowest BCUT2D eigenvalue weighted by Crippen LogP contribution is -2.14. The number of carbonyl (C=O) groups excluding carboxylic acids is 1. The molecule has 0 aliphatic rings. The van der Waals surface area contributed by atoms with E-state index in [1.165, 1.54) is 7.11 Å². The van der Waals surface area contributed by atoms with Crippen molar-refractivity contribution in [1.82, 2.24) is 24.5 Å². The van der Waals surface area contributed by atoms with Crippen molar-refractivity contribution in [3.63, 3.8) is 0 Å². The third-order valence-electron chi connectivity index (χ3n) is 2.97. The molecule has 0 unspecified atom stereocenters. The minimum atomic E-state index is -0.512. The molecule has 0 bridgehead atoms. The number of methoxy groups -OCH3 is 2. The Morgan fingerprint density at radius 3 is 2.75 bits per heavy atom. The van der Waals surface area contributed by atoms with Crippen LogP contribution in [0.2, 0.25) is 0 Å². The molecule has 0 spiro atoms. The number of aryl methyl sites for hydroxylation is 3. The first-order valence-corrected chi connectivity index (χ1v) is 6.14. The van der Waals surface area contributed by atoms with Crippen LogP contribution in [-0.4, -0.2) is 44.7 Å². The fraction of sp³-hybridized carbons (Fsp3) is 0.500. The summed E-state index contributed by atoms with van der Waals surface area (Å²) in [4.78, 5) is 15.8. The maximum absolute atomic E-state index is 11.6. The van der Waals surface area contributed by atoms with Crippen LogP contribution in [0, 0.1) is 6.92 Å². The minimum Gasteiger partial charge on any atom is -0.464 e. The molecule has 0 amide bonds. The van der Waals surface area contributed by atoms with Crippen molar-refractivity contribution in [3.8, 4) is 0 Å². The summed E-state index contributed by atoms with van der Waals surface area (Å²) >= 11 is 0. The first-order valence-electron chi connectivity index (χ1n) is 6.14. The van der Waals surface area contributed by atoms with E-state index >= 15 is 0 Å². The maximum atomic E-state index is 11.6. The number of imidazole rings is 1. The second-order valence-corrected chi connectivity index (χ2v) is 4.20. The third-order valence-corrected chi connectivity index (χ3v) is 2.97. The molecule has 8 nitrogen and oxygen atoms in total. The van der Waals surface area contributed by atoms with Crippen LogP contribution in [0.3, 0.4) is 0 Å². The standard InChI is InChI=1S/C12H17N5O3/c1-9-13-4-5-16(9)6-7-17-10(8-19-2)11(14-15-17)12(18)20-3/h4-5H,6-8H2,1-3H3. The van der Waals surface area contributed by atoms with Crippen LogP contribution in [0.15, 0.2) is 12.4 Å². The highest BCUT2D eigenvalue weighted by Gasteiger charge is 2.20. The minimum absolute atomic E-state index is 0.191. The van der Waals surface area contributed by atoms with Crippen LogP contribution in [0.5, 0.6) is 0 Å². The predicted octanol–water partition coefficient (Wildman–Crippen LogP) is 0.416. The van der Waals surface area contributed by atoms with Gasteiger partial charge in [0.05, 0.1) is 26.0 Å². The number of hydrogen-bond donors (Lipinski definition) is 0. The molecule has 0 radical (unpaired) electrons. The normalized spacial score (nSPS) is 10.8. The molecule has 0 fully saturated rings. The van der Waals surface area contributed by atoms with Crippen molar-refractivity contribution in [3.05, 3.63) is 29.6 Å². The van der Waals surface area contributed by atoms with Crippen molar-refractivity contribution >= 4 is 5.97 Å². The molecule has 0 saturated carbocycles. The van der Waals surface area contributed by atoms with Crippen molar-refractivity contribution in [2.75, 3.05) is 14.2 Å². The summed E-state index contributed by atoms with van der Waals surface area (Å²) in [6, 6.07) is 0. The molecule has 0 saturated heterocycles. The van der Waals surface area contributed by atoms with E-state index in [2.05, 4.69) is 20.0 Å². The molecule has 2 heterocycles. The Kier molecular flexibility index (Phi) is 4.46. The van der Waals surface area contributed by atoms with Crippen molar-refractivity contribution < 1.29 is 14.3 Å². The van der Waals surface area contributed by atoms with Gasteiger partial charge in [-0.2, -0.15) is 0 Å². The van der Waals surface area contributed by atoms with Gasteiger partial charge >= 0.3 is 5.97 Å². The van der Waals surface area contributed by atoms with Gasteiger partial charge < -0.3 is 14.0 Å². The Labute approximate surface area is 116 Å². The molecule has 0 N–H and O–H groups in total. The monoisotopic (exact) mass is 279 g/mol. The van der Waals surface area contributed by atoms with Crippen molar-refractivity contribution in [2.45, 2.75) is 26.6 Å². The molecular weight excluding hydrogens is 262 g/mol. The molecule has 2 aromatic heterocycles. The molecule has 2 rings (SSSR count). The van der Waals surface area contributed by atoms with Crippen LogP contribution >= 0.6 is 0 Å². The van der Waals surface area contributed by atoms with Crippen molar-refractivity contribution in [1.29, 1.82) is 0 Å². The van der Waals surface area contributed by atoms with Gasteiger partial charge in [-0.25, -0.2) is 14.5 Å². The lowest BCUT2D eigenvalue weighted by molar-refractivity contribution is 0.0588. The highest BCUT2D eigenvalue weighted by molar-refractivity contribution is 5.88. The van der Waals surface area contributed by atoms with Crippen molar-refractivity contribution in [2.24, 2.45) is 0 Å². The topological polar surface area (TPSA) is 84.1 Å². The van der Waals surface area contributed by atoms with Gasteiger partial charge in [0.25, 0.3) is 0 Å². The summed E-state index contributed by atoms with van der Waals surface area (Å²) in [5.41, 5.74) is 0.800. The fourth-order valence-corrected chi connectivity index (χ4v) is 1.89. The van der Waals surface area contributed by atoms with Gasteiger partial charge in [0.1, 0.15) is 5.82 Å². The molecule has 8 heteroatoms. The van der Waals surface area contributed by atoms with Crippen LogP contribution in [0.4, 0.5) is 0 Å². The Hall–Kier alpha value is -2.22. The molecule has 0 aliphatic carbocycles. The van der Waals surface area contributed by atoms with Crippen LogP contribution < -0.4 is 0 Å². The van der Waals surface area contributed by atoms with Gasteiger partial charge in [-0.1, -0.05) is 5.21 Å². The Bertz CT molecular complexity index is 590. The summed E-state index contributed by atoms with van der Waals surface area (Å²) < 4.78 is 13.4. The number of carbonyl (C=O) groups is 1. The molecule has 108 valence electrons. The average molecular weight is 279 g/mol. The molecular formula is C12H17N5O3. The van der Waals surface area contributed by atoms with Crippen LogP contribution in [-0.2, 0) is 29.2 Å². The van der Waals surface area contributed by atoms with E-state index in [4.69, 9.17) is 4.74 Å². The lowest BCUT2D eigenvalue weighted by atomic mass is 10.3. The molecule has 2 aromatic rings. The zero-order chi connectivity index (χ0) is 14.5. The van der Waals surface area contributed by atoms with E-state index in [0.717, 1.165) is 5.82 Å². The number of esters is 1. The zero-order valence-electron chi connectivity index (χ0n) is 11.7. The largest absolute Gasteiger partial charge is 0.464 e. The SMILES string of the molecule is COCc1c(C(=O)OC)nnn1CCn1ccnc1C. The van der Waals surface area contributed by atoms with E-state index < -0.39 is 5.97 Å². The summed E-state index contributed by atoms with van der Waals surface area (Å²) in [5, 5.41) is 7.85. The van der Waals surface area contributed by atoms with Gasteiger partial charge in [-0.3, -0.25) is 0 Å². The van der Waals surface area contributed by atoms with Crippen LogP contribution in [0.25, 0.3) is 0 Å². The van der Waals surface area contributed by atoms with Gasteiger partial charge in [-0.15, -0.1) is 5.10 Å². The highest BCUT2D eigenvalue weighted by Crippen LogP contribution is 2.09. The second kappa shape index (κ2) is 6.29. The number of nitrogens with zero attached hydrogens (tertiary/aromatic N) is 5. The van der Waals surface area contributed by atoms with E-state index in [1.54, 1.807) is 18.0 Å². The summed E-state index contributed by atoms with van der Waals surface area (Å²) in [6.45, 7) is 3.43. The Morgan fingerprint density at radius 2 is 2.15 bits per heavy atom. The number of ether oxygens (including phenoxy) is 2. The first-order chi connectivity index (χ1) is 9.67. The Balaban J connectivity index is 2.17. The number of rotatable bonds is 6. The maximum Gasteiger partial charge on any atom is 0.360 e. The van der Waals surface area contributed by atoms with E-state index in [1.807, 2.05) is 17.7 Å². The lowest BCUT2D eigenvalue weighted by Gasteiger charge is -2.08. The summed E-state index contributed by atoms with van der Waals surface area (Å²) in [7, 11) is 2.87. The van der Waals surface area contributed by atoms with Gasteiger partial charge in [-0.05, 0) is 6.92 Å². The average Bonchev–Trinajstić information content (AvgIpc) is 3.03. The van der Waals surface area contributed by atoms with E-state index in [9.17, 15) is 4.79 Å². The molecule has 0 atom stereocenters. The van der Waals surface area contributed by atoms with Gasteiger partial charge in [0.15, 0.2) is 5.69 Å². The highest BCUT2D eigenvalue weighted by atomic mass is 16.5.